The first-order valence-electron chi connectivity index (χ1n) is 7.65. The van der Waals surface area contributed by atoms with Crippen molar-refractivity contribution in [2.45, 2.75) is 32.6 Å². The van der Waals surface area contributed by atoms with Gasteiger partial charge in [-0.3, -0.25) is 9.59 Å². The Hall–Kier alpha value is -1.85. The highest BCUT2D eigenvalue weighted by Crippen LogP contribution is 2.21. The molecule has 2 heterocycles. The second kappa shape index (κ2) is 7.24. The van der Waals surface area contributed by atoms with Crippen molar-refractivity contribution < 1.29 is 4.79 Å². The third-order valence-electron chi connectivity index (χ3n) is 3.95. The van der Waals surface area contributed by atoms with E-state index in [1.165, 1.54) is 4.68 Å². The van der Waals surface area contributed by atoms with Crippen LogP contribution >= 0.6 is 0 Å². The van der Waals surface area contributed by atoms with Gasteiger partial charge in [-0.2, -0.15) is 5.10 Å². The number of anilines is 1. The van der Waals surface area contributed by atoms with Gasteiger partial charge in [0.25, 0.3) is 5.56 Å². The van der Waals surface area contributed by atoms with Crippen LogP contribution in [0.15, 0.2) is 17.1 Å². The zero-order valence-electron chi connectivity index (χ0n) is 12.8. The van der Waals surface area contributed by atoms with Gasteiger partial charge in [0, 0.05) is 39.2 Å². The van der Waals surface area contributed by atoms with Gasteiger partial charge < -0.3 is 10.2 Å². The molecule has 0 saturated carbocycles. The van der Waals surface area contributed by atoms with Crippen LogP contribution in [-0.4, -0.2) is 35.3 Å². The van der Waals surface area contributed by atoms with Crippen LogP contribution in [0.4, 0.5) is 5.69 Å². The summed E-state index contributed by atoms with van der Waals surface area (Å²) in [5, 5.41) is 7.05. The molecule has 1 amide bonds. The van der Waals surface area contributed by atoms with E-state index in [-0.39, 0.29) is 11.5 Å². The third-order valence-corrected chi connectivity index (χ3v) is 3.95. The van der Waals surface area contributed by atoms with Gasteiger partial charge >= 0.3 is 0 Å². The number of amides is 1. The van der Waals surface area contributed by atoms with Crippen LogP contribution in [0.5, 0.6) is 0 Å². The van der Waals surface area contributed by atoms with Crippen molar-refractivity contribution in [3.63, 3.8) is 0 Å². The average Bonchev–Trinajstić information content (AvgIpc) is 2.94. The molecule has 1 aliphatic heterocycles. The van der Waals surface area contributed by atoms with Gasteiger partial charge in [-0.1, -0.05) is 13.3 Å². The Morgan fingerprint density at radius 1 is 1.52 bits per heavy atom. The molecule has 1 aliphatic rings. The fourth-order valence-electron chi connectivity index (χ4n) is 2.55. The number of nitrogens with zero attached hydrogens (tertiary/aromatic N) is 3. The Labute approximate surface area is 125 Å². The molecule has 2 rings (SSSR count). The summed E-state index contributed by atoms with van der Waals surface area (Å²) in [7, 11) is 1.64. The standard InChI is InChI=1S/C15H24N4O2/c1-3-4-5-14(20)16-9-12-6-7-19(11-12)13-8-15(21)18(2)17-10-13/h8,10,12H,3-7,9,11H2,1-2H3,(H,16,20). The van der Waals surface area contributed by atoms with Crippen LogP contribution in [-0.2, 0) is 11.8 Å². The van der Waals surface area contributed by atoms with E-state index in [9.17, 15) is 9.59 Å². The first kappa shape index (κ1) is 15.5. The van der Waals surface area contributed by atoms with E-state index in [0.717, 1.165) is 44.6 Å². The highest BCUT2D eigenvalue weighted by atomic mass is 16.1. The van der Waals surface area contributed by atoms with Gasteiger partial charge in [0.2, 0.25) is 5.91 Å². The zero-order chi connectivity index (χ0) is 15.2. The second-order valence-electron chi connectivity index (χ2n) is 5.68. The molecule has 6 nitrogen and oxygen atoms in total. The van der Waals surface area contributed by atoms with Gasteiger partial charge in [-0.25, -0.2) is 4.68 Å². The maximum absolute atomic E-state index is 11.6. The average molecular weight is 292 g/mol. The lowest BCUT2D eigenvalue weighted by molar-refractivity contribution is -0.121. The summed E-state index contributed by atoms with van der Waals surface area (Å²) in [6.07, 6.45) is 5.36. The molecule has 0 spiro atoms. The fourth-order valence-corrected chi connectivity index (χ4v) is 2.55. The molecule has 1 N–H and O–H groups in total. The van der Waals surface area contributed by atoms with Crippen LogP contribution in [0.25, 0.3) is 0 Å². The number of aryl methyl sites for hydroxylation is 1. The molecule has 1 fully saturated rings. The molecule has 0 radical (unpaired) electrons. The first-order valence-corrected chi connectivity index (χ1v) is 7.65. The van der Waals surface area contributed by atoms with E-state index in [0.29, 0.717) is 12.3 Å². The minimum atomic E-state index is -0.0937. The molecule has 21 heavy (non-hydrogen) atoms. The lowest BCUT2D eigenvalue weighted by Gasteiger charge is -2.18. The maximum atomic E-state index is 11.6. The Balaban J connectivity index is 1.82. The summed E-state index contributed by atoms with van der Waals surface area (Å²) in [5.74, 6) is 0.588. The largest absolute Gasteiger partial charge is 0.370 e. The van der Waals surface area contributed by atoms with E-state index in [1.54, 1.807) is 19.3 Å². The van der Waals surface area contributed by atoms with Gasteiger partial charge in [0.15, 0.2) is 0 Å². The van der Waals surface area contributed by atoms with Crippen molar-refractivity contribution >= 4 is 11.6 Å². The smallest absolute Gasteiger partial charge is 0.268 e. The number of nitrogens with one attached hydrogen (secondary N) is 1. The van der Waals surface area contributed by atoms with E-state index >= 15 is 0 Å². The molecule has 1 atom stereocenters. The van der Waals surface area contributed by atoms with Crippen molar-refractivity contribution in [3.8, 4) is 0 Å². The number of carbonyl (C=O) groups excluding carboxylic acids is 1. The molecule has 0 bridgehead atoms. The van der Waals surface area contributed by atoms with E-state index in [4.69, 9.17) is 0 Å². The van der Waals surface area contributed by atoms with E-state index < -0.39 is 0 Å². The molecule has 0 aliphatic carbocycles. The molecular weight excluding hydrogens is 268 g/mol. The zero-order valence-corrected chi connectivity index (χ0v) is 12.8. The van der Waals surface area contributed by atoms with Crippen molar-refractivity contribution in [2.75, 3.05) is 24.5 Å². The number of hydrogen-bond donors (Lipinski definition) is 1. The van der Waals surface area contributed by atoms with Gasteiger partial charge in [0.1, 0.15) is 0 Å². The molecule has 0 aromatic carbocycles. The fraction of sp³-hybridized carbons (Fsp3) is 0.667. The summed E-state index contributed by atoms with van der Waals surface area (Å²) >= 11 is 0. The summed E-state index contributed by atoms with van der Waals surface area (Å²) in [6.45, 7) is 4.57. The predicted octanol–water partition coefficient (Wildman–Crippen LogP) is 0.913. The number of rotatable bonds is 6. The van der Waals surface area contributed by atoms with Crippen LogP contribution in [0.3, 0.4) is 0 Å². The van der Waals surface area contributed by atoms with Crippen LogP contribution in [0, 0.1) is 5.92 Å². The first-order chi connectivity index (χ1) is 10.1. The Morgan fingerprint density at radius 3 is 3.05 bits per heavy atom. The Bertz CT molecular complexity index is 541. The minimum Gasteiger partial charge on any atom is -0.370 e. The maximum Gasteiger partial charge on any atom is 0.268 e. The number of hydrogen-bond acceptors (Lipinski definition) is 4. The summed E-state index contributed by atoms with van der Waals surface area (Å²) < 4.78 is 1.32. The SMILES string of the molecule is CCCCC(=O)NCC1CCN(c2cnn(C)c(=O)c2)C1. The monoisotopic (exact) mass is 292 g/mol. The quantitative estimate of drug-likeness (QED) is 0.846. The van der Waals surface area contributed by atoms with Crippen molar-refractivity contribution in [3.05, 3.63) is 22.6 Å². The lowest BCUT2D eigenvalue weighted by atomic mass is 10.1. The second-order valence-corrected chi connectivity index (χ2v) is 5.68. The molecule has 6 heteroatoms. The Kier molecular flexibility index (Phi) is 5.36. The van der Waals surface area contributed by atoms with Crippen molar-refractivity contribution in [2.24, 2.45) is 13.0 Å². The molecule has 1 unspecified atom stereocenters. The van der Waals surface area contributed by atoms with Crippen molar-refractivity contribution in [1.29, 1.82) is 0 Å². The van der Waals surface area contributed by atoms with Crippen LogP contribution < -0.4 is 15.8 Å². The molecule has 116 valence electrons. The highest BCUT2D eigenvalue weighted by molar-refractivity contribution is 5.75. The van der Waals surface area contributed by atoms with Crippen LogP contribution in [0.2, 0.25) is 0 Å². The number of carbonyl (C=O) groups is 1. The minimum absolute atomic E-state index is 0.0937. The molecule has 1 saturated heterocycles. The van der Waals surface area contributed by atoms with Gasteiger partial charge in [-0.05, 0) is 18.8 Å². The molecule has 1 aromatic rings. The number of unbranched alkanes of at least 4 members (excludes halogenated alkanes) is 1. The highest BCUT2D eigenvalue weighted by Gasteiger charge is 2.23. The van der Waals surface area contributed by atoms with Gasteiger partial charge in [0.05, 0.1) is 11.9 Å². The number of aromatic nitrogens is 2. The van der Waals surface area contributed by atoms with Crippen molar-refractivity contribution in [1.82, 2.24) is 15.1 Å². The van der Waals surface area contributed by atoms with Crippen LogP contribution in [0.1, 0.15) is 32.6 Å². The normalized spacial score (nSPS) is 18.0. The van der Waals surface area contributed by atoms with E-state index in [1.807, 2.05) is 0 Å². The summed E-state index contributed by atoms with van der Waals surface area (Å²) in [5.41, 5.74) is 0.779. The Morgan fingerprint density at radius 2 is 2.33 bits per heavy atom. The summed E-state index contributed by atoms with van der Waals surface area (Å²) in [6, 6.07) is 1.62. The van der Waals surface area contributed by atoms with E-state index in [2.05, 4.69) is 22.2 Å². The molecule has 1 aromatic heterocycles. The summed E-state index contributed by atoms with van der Waals surface area (Å²) in [4.78, 5) is 25.4. The predicted molar refractivity (Wildman–Crippen MR) is 82.3 cm³/mol. The topological polar surface area (TPSA) is 67.2 Å². The van der Waals surface area contributed by atoms with Gasteiger partial charge in [-0.15, -0.1) is 0 Å². The lowest BCUT2D eigenvalue weighted by Crippen LogP contribution is -2.31. The molecular formula is C15H24N4O2. The third kappa shape index (κ3) is 4.31.